The van der Waals surface area contributed by atoms with Crippen LogP contribution in [0.5, 0.6) is 0 Å². The van der Waals surface area contributed by atoms with Gasteiger partial charge in [0.2, 0.25) is 0 Å². The summed E-state index contributed by atoms with van der Waals surface area (Å²) >= 11 is 0. The number of hydrogen-bond acceptors (Lipinski definition) is 15. The molecule has 0 saturated carbocycles. The molecule has 335 valence electrons. The van der Waals surface area contributed by atoms with E-state index >= 15 is 0 Å². The fourth-order valence-electron chi connectivity index (χ4n) is 5.29. The maximum atomic E-state index is 8.25. The molecule has 0 atom stereocenters. The number of nitrogens with zero attached hydrogens (tertiary/aromatic N) is 7. The average Bonchev–Trinajstić information content (AvgIpc) is 3.06. The number of rotatable bonds is 24. The summed E-state index contributed by atoms with van der Waals surface area (Å²) in [5.74, 6) is 0. The third-order valence-corrected chi connectivity index (χ3v) is 7.89. The van der Waals surface area contributed by atoms with Crippen LogP contribution in [0, 0.1) is 115 Å². The number of quaternary nitrogens is 2. The van der Waals surface area contributed by atoms with E-state index in [2.05, 4.69) is 55.4 Å². The van der Waals surface area contributed by atoms with Crippen molar-refractivity contribution in [3.05, 3.63) is 76.6 Å². The molecule has 0 aromatic rings. The zero-order valence-corrected chi connectivity index (χ0v) is 36.6. The molecule has 0 N–H and O–H groups in total. The van der Waals surface area contributed by atoms with Gasteiger partial charge in [-0.3, -0.25) is 0 Å². The molecule has 0 aromatic carbocycles. The van der Waals surface area contributed by atoms with E-state index in [0.29, 0.717) is 0 Å². The first kappa shape index (κ1) is 70.0. The molecule has 1 radical (unpaired) electrons. The van der Waals surface area contributed by atoms with E-state index in [1.54, 1.807) is 0 Å². The summed E-state index contributed by atoms with van der Waals surface area (Å²) in [6, 6.07) is 0. The van der Waals surface area contributed by atoms with E-state index < -0.39 is 25.4 Å². The van der Waals surface area contributed by atoms with Crippen LogP contribution in [0.1, 0.15) is 158 Å². The SMILES string of the molecule is CCCC[N+](CCCC)(CCCC)CCCC.CCCC[N+](CCCC)(CCCC)CCCC.O=[N+]([O-])[O-].O=[N+]([O-])[O-].O=[N+]([O-])[O-].O=[N+]([O-])[O-].O=[N+]([O-])[O-].[Dy+3]. The van der Waals surface area contributed by atoms with Crippen LogP contribution >= 0.6 is 0 Å². The molecule has 0 unspecified atom stereocenters. The van der Waals surface area contributed by atoms with E-state index in [9.17, 15) is 0 Å². The fraction of sp³-hybridized carbons (Fsp3) is 1.00. The van der Waals surface area contributed by atoms with Gasteiger partial charge in [-0.25, -0.2) is 0 Å². The summed E-state index contributed by atoms with van der Waals surface area (Å²) in [6.45, 7) is 30.0. The zero-order chi connectivity index (χ0) is 43.9. The Kier molecular flexibility index (Phi) is 70.7. The largest absolute Gasteiger partial charge is 3.00 e. The fourth-order valence-corrected chi connectivity index (χ4v) is 5.29. The van der Waals surface area contributed by atoms with Crippen LogP contribution in [-0.2, 0) is 0 Å². The molecule has 0 aromatic heterocycles. The Morgan fingerprint density at radius 2 is 0.345 bits per heavy atom. The topological polar surface area (TPSA) is 331 Å². The van der Waals surface area contributed by atoms with Gasteiger partial charge < -0.3 is 85.6 Å². The van der Waals surface area contributed by atoms with Crippen molar-refractivity contribution < 1.29 is 72.6 Å². The monoisotopic (exact) mass is 958 g/mol. The van der Waals surface area contributed by atoms with E-state index in [-0.39, 0.29) is 38.2 Å². The Bertz CT molecular complexity index is 653. The first-order chi connectivity index (χ1) is 25.1. The molecular formula is C32H72DyN7O15. The van der Waals surface area contributed by atoms with Gasteiger partial charge in [-0.05, 0) is 51.4 Å². The smallest absolute Gasteiger partial charge is 0.356 e. The van der Waals surface area contributed by atoms with Crippen molar-refractivity contribution in [3.8, 4) is 0 Å². The van der Waals surface area contributed by atoms with Gasteiger partial charge >= 0.3 is 38.2 Å². The van der Waals surface area contributed by atoms with E-state index in [1.165, 1.54) is 164 Å². The molecule has 23 heteroatoms. The van der Waals surface area contributed by atoms with Crippen LogP contribution in [0.4, 0.5) is 0 Å². The normalized spacial score (nSPS) is 9.60. The predicted octanol–water partition coefficient (Wildman–Crippen LogP) is 8.81. The summed E-state index contributed by atoms with van der Waals surface area (Å²) < 4.78 is 2.84. The minimum absolute atomic E-state index is 0. The van der Waals surface area contributed by atoms with Crippen molar-refractivity contribution in [2.24, 2.45) is 0 Å². The number of hydrogen-bond donors (Lipinski definition) is 0. The molecule has 0 saturated heterocycles. The Morgan fingerprint density at radius 1 is 0.273 bits per heavy atom. The van der Waals surface area contributed by atoms with Gasteiger partial charge in [0.05, 0.1) is 77.8 Å². The van der Waals surface area contributed by atoms with Crippen molar-refractivity contribution in [2.45, 2.75) is 158 Å². The summed E-state index contributed by atoms with van der Waals surface area (Å²) in [6.07, 6.45) is 22.1. The summed E-state index contributed by atoms with van der Waals surface area (Å²) in [5.41, 5.74) is 0. The van der Waals surface area contributed by atoms with Crippen molar-refractivity contribution in [2.75, 3.05) is 52.4 Å². The Hall–Kier alpha value is -2.81. The Balaban J connectivity index is -0.0000000890. The van der Waals surface area contributed by atoms with Crippen LogP contribution in [0.2, 0.25) is 0 Å². The molecule has 0 aliphatic heterocycles. The first-order valence-electron chi connectivity index (χ1n) is 18.9. The first-order valence-corrected chi connectivity index (χ1v) is 18.9. The average molecular weight is 957 g/mol. The molecular weight excluding hydrogens is 885 g/mol. The predicted molar refractivity (Wildman–Crippen MR) is 211 cm³/mol. The molecule has 0 fully saturated rings. The second-order valence-corrected chi connectivity index (χ2v) is 12.4. The van der Waals surface area contributed by atoms with Gasteiger partial charge in [-0.2, -0.15) is 0 Å². The summed E-state index contributed by atoms with van der Waals surface area (Å²) in [5, 5.41) is 73.8. The van der Waals surface area contributed by atoms with E-state index in [1.807, 2.05) is 0 Å². The third-order valence-electron chi connectivity index (χ3n) is 7.89. The zero-order valence-electron chi connectivity index (χ0n) is 34.5. The van der Waals surface area contributed by atoms with Gasteiger partial charge in [0.1, 0.15) is 0 Å². The second-order valence-electron chi connectivity index (χ2n) is 12.4. The van der Waals surface area contributed by atoms with Crippen molar-refractivity contribution in [1.29, 1.82) is 0 Å². The van der Waals surface area contributed by atoms with Gasteiger partial charge in [-0.15, -0.1) is 0 Å². The molecule has 0 spiro atoms. The van der Waals surface area contributed by atoms with Crippen molar-refractivity contribution in [3.63, 3.8) is 0 Å². The van der Waals surface area contributed by atoms with Crippen LogP contribution in [0.25, 0.3) is 0 Å². The molecule has 0 rings (SSSR count). The Labute approximate surface area is 358 Å². The van der Waals surface area contributed by atoms with Crippen molar-refractivity contribution in [1.82, 2.24) is 0 Å². The van der Waals surface area contributed by atoms with Crippen LogP contribution < -0.4 is 0 Å². The maximum Gasteiger partial charge on any atom is 3.00 e. The summed E-state index contributed by atoms with van der Waals surface area (Å²) in [4.78, 5) is 41.2. The molecule has 0 heterocycles. The van der Waals surface area contributed by atoms with Crippen LogP contribution in [0.3, 0.4) is 0 Å². The van der Waals surface area contributed by atoms with Gasteiger partial charge in [-0.1, -0.05) is 107 Å². The van der Waals surface area contributed by atoms with Gasteiger partial charge in [0.25, 0.3) is 0 Å². The van der Waals surface area contributed by atoms with E-state index in [0.717, 1.165) is 0 Å². The van der Waals surface area contributed by atoms with Gasteiger partial charge in [0.15, 0.2) is 0 Å². The molecule has 0 bridgehead atoms. The van der Waals surface area contributed by atoms with Gasteiger partial charge in [0, 0.05) is 0 Å². The maximum absolute atomic E-state index is 8.25. The quantitative estimate of drug-likeness (QED) is 0.0495. The van der Waals surface area contributed by atoms with Crippen LogP contribution in [0.15, 0.2) is 0 Å². The number of unbranched alkanes of at least 4 members (excludes halogenated alkanes) is 8. The molecule has 0 amide bonds. The standard InChI is InChI=1S/2C16H36N.Dy.5NO3/c2*1-5-9-13-17(14-10-6-2,15-11-7-3)16-12-8-4;;5*2-1(3)4/h2*5-16H2,1-4H3;;;;;;/q2*+1;+3;5*-1. The third kappa shape index (κ3) is 89.6. The molecule has 0 aliphatic carbocycles. The minimum Gasteiger partial charge on any atom is -0.356 e. The van der Waals surface area contributed by atoms with Crippen molar-refractivity contribution >= 4 is 0 Å². The molecule has 55 heavy (non-hydrogen) atoms. The van der Waals surface area contributed by atoms with Crippen LogP contribution in [-0.4, -0.2) is 86.8 Å². The minimum atomic E-state index is -1.75. The second kappa shape index (κ2) is 55.5. The Morgan fingerprint density at radius 3 is 0.400 bits per heavy atom. The molecule has 22 nitrogen and oxygen atoms in total. The van der Waals surface area contributed by atoms with E-state index in [4.69, 9.17) is 76.6 Å². The molecule has 0 aliphatic rings. The summed E-state index contributed by atoms with van der Waals surface area (Å²) in [7, 11) is 0.